The number of fused-ring (bicyclic) bond motifs is 1. The number of benzene rings is 1. The van der Waals surface area contributed by atoms with E-state index in [4.69, 9.17) is 9.84 Å². The number of rotatable bonds is 6. The predicted octanol–water partition coefficient (Wildman–Crippen LogP) is 2.26. The number of carboxylic acids is 1. The number of hydrogen-bond donors (Lipinski definition) is 2. The van der Waals surface area contributed by atoms with Crippen molar-refractivity contribution in [1.82, 2.24) is 20.1 Å². The molecule has 0 spiro atoms. The number of carbonyl (C=O) groups excluding carboxylic acids is 1. The van der Waals surface area contributed by atoms with Gasteiger partial charge in [-0.15, -0.1) is 0 Å². The number of hydrogen-bond acceptors (Lipinski definition) is 5. The summed E-state index contributed by atoms with van der Waals surface area (Å²) in [6.07, 6.45) is 0.508. The van der Waals surface area contributed by atoms with E-state index in [1.165, 1.54) is 19.2 Å². The number of amides is 1. The smallest absolute Gasteiger partial charge is 0.335 e. The second-order valence-electron chi connectivity index (χ2n) is 6.56. The number of carbonyl (C=O) groups is 2. The van der Waals surface area contributed by atoms with Gasteiger partial charge in [0.05, 0.1) is 29.3 Å². The van der Waals surface area contributed by atoms with Gasteiger partial charge < -0.3 is 15.2 Å². The molecule has 0 atom stereocenters. The third kappa shape index (κ3) is 3.66. The second kappa shape index (κ2) is 7.67. The second-order valence-corrected chi connectivity index (χ2v) is 6.56. The number of methoxy groups -OCH3 is 1. The van der Waals surface area contributed by atoms with E-state index in [9.17, 15) is 9.59 Å². The van der Waals surface area contributed by atoms with Crippen LogP contribution in [0.5, 0.6) is 5.75 Å². The molecule has 2 aromatic heterocycles. The number of aryl methyl sites for hydroxylation is 3. The summed E-state index contributed by atoms with van der Waals surface area (Å²) >= 11 is 0. The average molecular weight is 382 g/mol. The fourth-order valence-electron chi connectivity index (χ4n) is 3.24. The fraction of sp³-hybridized carbons (Fsp3) is 0.300. The number of ether oxygens (including phenoxy) is 1. The van der Waals surface area contributed by atoms with Crippen LogP contribution in [-0.2, 0) is 13.5 Å². The van der Waals surface area contributed by atoms with Crippen LogP contribution in [0.4, 0.5) is 0 Å². The summed E-state index contributed by atoms with van der Waals surface area (Å²) in [4.78, 5) is 28.3. The first-order chi connectivity index (χ1) is 13.3. The molecule has 8 nitrogen and oxygen atoms in total. The van der Waals surface area contributed by atoms with E-state index in [1.54, 1.807) is 23.9 Å². The van der Waals surface area contributed by atoms with Gasteiger partial charge >= 0.3 is 5.97 Å². The molecule has 0 fully saturated rings. The Hall–Kier alpha value is -3.42. The highest BCUT2D eigenvalue weighted by Gasteiger charge is 2.17. The molecule has 0 saturated carbocycles. The van der Waals surface area contributed by atoms with Crippen molar-refractivity contribution in [2.45, 2.75) is 20.3 Å². The molecule has 0 unspecified atom stereocenters. The molecule has 0 aliphatic heterocycles. The third-order valence-corrected chi connectivity index (χ3v) is 4.56. The molecule has 3 rings (SSSR count). The molecule has 0 bridgehead atoms. The molecule has 28 heavy (non-hydrogen) atoms. The molecular formula is C20H22N4O4. The lowest BCUT2D eigenvalue weighted by Gasteiger charge is -2.11. The van der Waals surface area contributed by atoms with Gasteiger partial charge in [-0.2, -0.15) is 5.10 Å². The van der Waals surface area contributed by atoms with Crippen LogP contribution in [0.3, 0.4) is 0 Å². The first-order valence-corrected chi connectivity index (χ1v) is 8.81. The van der Waals surface area contributed by atoms with E-state index < -0.39 is 5.97 Å². The summed E-state index contributed by atoms with van der Waals surface area (Å²) in [7, 11) is 3.29. The van der Waals surface area contributed by atoms with E-state index >= 15 is 0 Å². The summed E-state index contributed by atoms with van der Waals surface area (Å²) in [5, 5.41) is 17.1. The van der Waals surface area contributed by atoms with Crippen molar-refractivity contribution in [2.24, 2.45) is 7.05 Å². The van der Waals surface area contributed by atoms with Gasteiger partial charge in [-0.25, -0.2) is 9.78 Å². The highest BCUT2D eigenvalue weighted by Crippen LogP contribution is 2.22. The maximum atomic E-state index is 12.8. The summed E-state index contributed by atoms with van der Waals surface area (Å²) in [6.45, 7) is 4.07. The number of aromatic nitrogens is 3. The van der Waals surface area contributed by atoms with E-state index in [0.29, 0.717) is 29.9 Å². The van der Waals surface area contributed by atoms with Crippen LogP contribution in [0, 0.1) is 13.8 Å². The van der Waals surface area contributed by atoms with Gasteiger partial charge in [-0.1, -0.05) is 6.07 Å². The van der Waals surface area contributed by atoms with Crippen molar-refractivity contribution in [3.05, 3.63) is 52.3 Å². The number of pyridine rings is 1. The normalized spacial score (nSPS) is 10.9. The number of nitrogens with one attached hydrogen (secondary N) is 1. The van der Waals surface area contributed by atoms with Crippen LogP contribution in [0.25, 0.3) is 11.0 Å². The van der Waals surface area contributed by atoms with Crippen molar-refractivity contribution in [3.63, 3.8) is 0 Å². The van der Waals surface area contributed by atoms with Crippen LogP contribution < -0.4 is 10.1 Å². The number of carboxylic acid groups (broad SMARTS) is 1. The topological polar surface area (TPSA) is 106 Å². The highest BCUT2D eigenvalue weighted by atomic mass is 16.5. The Labute approximate surface area is 162 Å². The first kappa shape index (κ1) is 19.3. The standard InChI is InChI=1S/C20H22N4O4/c1-11-9-15(17-12(2)23-24(3)18(17)22-11)19(25)21-8-7-13-5-6-14(20(26)27)10-16(13)28-4/h5-6,9-10H,7-8H2,1-4H3,(H,21,25)(H,26,27). The summed E-state index contributed by atoms with van der Waals surface area (Å²) in [5.74, 6) is -0.728. The molecule has 0 saturated heterocycles. The van der Waals surface area contributed by atoms with Gasteiger partial charge in [0.15, 0.2) is 5.65 Å². The molecule has 8 heteroatoms. The van der Waals surface area contributed by atoms with Gasteiger partial charge in [0.1, 0.15) is 5.75 Å². The Balaban J connectivity index is 1.77. The zero-order valence-corrected chi connectivity index (χ0v) is 16.2. The molecule has 0 aliphatic rings. The van der Waals surface area contributed by atoms with Crippen LogP contribution in [-0.4, -0.2) is 45.4 Å². The Morgan fingerprint density at radius 1 is 1.25 bits per heavy atom. The van der Waals surface area contributed by atoms with Gasteiger partial charge in [0.2, 0.25) is 0 Å². The predicted molar refractivity (Wildman–Crippen MR) is 104 cm³/mol. The number of aromatic carboxylic acids is 1. The van der Waals surface area contributed by atoms with Crippen molar-refractivity contribution in [3.8, 4) is 5.75 Å². The summed E-state index contributed by atoms with van der Waals surface area (Å²) in [6, 6.07) is 6.47. The highest BCUT2D eigenvalue weighted by molar-refractivity contribution is 6.06. The van der Waals surface area contributed by atoms with Crippen molar-refractivity contribution < 1.29 is 19.4 Å². The summed E-state index contributed by atoms with van der Waals surface area (Å²) in [5.41, 5.74) is 3.69. The van der Waals surface area contributed by atoms with E-state index in [2.05, 4.69) is 15.4 Å². The molecule has 2 heterocycles. The van der Waals surface area contributed by atoms with E-state index in [1.807, 2.05) is 13.8 Å². The Bertz CT molecular complexity index is 1070. The first-order valence-electron chi connectivity index (χ1n) is 8.81. The SMILES string of the molecule is COc1cc(C(=O)O)ccc1CCNC(=O)c1cc(C)nc2c1c(C)nn2C. The molecule has 3 aromatic rings. The minimum Gasteiger partial charge on any atom is -0.496 e. The zero-order chi connectivity index (χ0) is 20.4. The molecule has 0 aliphatic carbocycles. The van der Waals surface area contributed by atoms with Crippen LogP contribution in [0.15, 0.2) is 24.3 Å². The maximum Gasteiger partial charge on any atom is 0.335 e. The molecular weight excluding hydrogens is 360 g/mol. The largest absolute Gasteiger partial charge is 0.496 e. The van der Waals surface area contributed by atoms with Gasteiger partial charge in [-0.3, -0.25) is 9.48 Å². The van der Waals surface area contributed by atoms with Gasteiger partial charge in [0.25, 0.3) is 5.91 Å². The minimum absolute atomic E-state index is 0.159. The maximum absolute atomic E-state index is 12.8. The molecule has 146 valence electrons. The third-order valence-electron chi connectivity index (χ3n) is 4.56. The molecule has 2 N–H and O–H groups in total. The van der Waals surface area contributed by atoms with E-state index in [-0.39, 0.29) is 11.5 Å². The van der Waals surface area contributed by atoms with Crippen LogP contribution >= 0.6 is 0 Å². The quantitative estimate of drug-likeness (QED) is 0.677. The Kier molecular flexibility index (Phi) is 5.30. The molecule has 0 radical (unpaired) electrons. The monoisotopic (exact) mass is 382 g/mol. The lowest BCUT2D eigenvalue weighted by Crippen LogP contribution is -2.26. The summed E-state index contributed by atoms with van der Waals surface area (Å²) < 4.78 is 6.94. The van der Waals surface area contributed by atoms with Crippen molar-refractivity contribution >= 4 is 22.9 Å². The van der Waals surface area contributed by atoms with Gasteiger partial charge in [0, 0.05) is 19.3 Å². The lowest BCUT2D eigenvalue weighted by atomic mass is 10.1. The average Bonchev–Trinajstić information content (AvgIpc) is 2.94. The lowest BCUT2D eigenvalue weighted by molar-refractivity contribution is 0.0696. The Morgan fingerprint density at radius 3 is 2.68 bits per heavy atom. The van der Waals surface area contributed by atoms with Crippen LogP contribution in [0.1, 0.15) is 37.7 Å². The van der Waals surface area contributed by atoms with Crippen molar-refractivity contribution in [1.29, 1.82) is 0 Å². The van der Waals surface area contributed by atoms with Gasteiger partial charge in [-0.05, 0) is 44.0 Å². The molecule has 1 amide bonds. The van der Waals surface area contributed by atoms with E-state index in [0.717, 1.165) is 22.3 Å². The Morgan fingerprint density at radius 2 is 2.00 bits per heavy atom. The number of nitrogens with zero attached hydrogens (tertiary/aromatic N) is 3. The molecule has 1 aromatic carbocycles. The van der Waals surface area contributed by atoms with Crippen molar-refractivity contribution in [2.75, 3.05) is 13.7 Å². The van der Waals surface area contributed by atoms with Crippen LogP contribution in [0.2, 0.25) is 0 Å². The fourth-order valence-corrected chi connectivity index (χ4v) is 3.24. The minimum atomic E-state index is -1.01. The zero-order valence-electron chi connectivity index (χ0n) is 16.2.